The average molecular weight is 560 g/mol. The molecule has 0 aliphatic carbocycles. The second kappa shape index (κ2) is 10.7. The van der Waals surface area contributed by atoms with Gasteiger partial charge in [0.1, 0.15) is 11.5 Å². The summed E-state index contributed by atoms with van der Waals surface area (Å²) in [5.41, 5.74) is 3.73. The van der Waals surface area contributed by atoms with Gasteiger partial charge in [0.25, 0.3) is 11.8 Å². The molecular formula is C28H22ClN5O4S. The second-order valence-electron chi connectivity index (χ2n) is 8.72. The van der Waals surface area contributed by atoms with Gasteiger partial charge in [0.05, 0.1) is 65.7 Å². The molecule has 11 heteroatoms. The van der Waals surface area contributed by atoms with Crippen LogP contribution in [0.2, 0.25) is 5.02 Å². The zero-order chi connectivity index (χ0) is 27.7. The van der Waals surface area contributed by atoms with Gasteiger partial charge in [-0.1, -0.05) is 29.0 Å². The number of thiazole rings is 1. The van der Waals surface area contributed by atoms with Gasteiger partial charge in [-0.3, -0.25) is 19.9 Å². The molecule has 1 aliphatic heterocycles. The highest BCUT2D eigenvalue weighted by molar-refractivity contribution is 7.16. The highest BCUT2D eigenvalue weighted by Crippen LogP contribution is 2.36. The average Bonchev–Trinajstić information content (AvgIpc) is 3.51. The van der Waals surface area contributed by atoms with Crippen molar-refractivity contribution in [3.63, 3.8) is 0 Å². The van der Waals surface area contributed by atoms with Crippen molar-refractivity contribution in [3.8, 4) is 28.7 Å². The number of hydrogen-bond acceptors (Lipinski definition) is 8. The summed E-state index contributed by atoms with van der Waals surface area (Å²) in [6.07, 6.45) is 1.50. The molecule has 3 heterocycles. The Kier molecular flexibility index (Phi) is 7.19. The van der Waals surface area contributed by atoms with Crippen LogP contribution < -0.4 is 14.8 Å². The van der Waals surface area contributed by atoms with Gasteiger partial charge in [-0.15, -0.1) is 0 Å². The molecule has 2 amide bonds. The molecule has 39 heavy (non-hydrogen) atoms. The molecule has 0 unspecified atom stereocenters. The lowest BCUT2D eigenvalue weighted by molar-refractivity contribution is 0.0750. The number of anilines is 1. The summed E-state index contributed by atoms with van der Waals surface area (Å²) < 4.78 is 10.7. The molecule has 0 saturated heterocycles. The predicted octanol–water partition coefficient (Wildman–Crippen LogP) is 5.46. The molecule has 2 aromatic heterocycles. The Labute approximate surface area is 233 Å². The molecule has 5 rings (SSSR count). The second-order valence-corrected chi connectivity index (χ2v) is 10.2. The fourth-order valence-corrected chi connectivity index (χ4v) is 5.62. The number of hydrogen-bond donors (Lipinski definition) is 1. The first-order valence-electron chi connectivity index (χ1n) is 11.8. The summed E-state index contributed by atoms with van der Waals surface area (Å²) in [5, 5.41) is 12.9. The minimum atomic E-state index is -0.398. The van der Waals surface area contributed by atoms with Crippen LogP contribution in [0, 0.1) is 18.3 Å². The van der Waals surface area contributed by atoms with E-state index < -0.39 is 5.91 Å². The molecule has 1 aliphatic rings. The van der Waals surface area contributed by atoms with Crippen LogP contribution >= 0.6 is 22.9 Å². The molecule has 4 aromatic rings. The molecule has 0 saturated carbocycles. The van der Waals surface area contributed by atoms with E-state index in [0.717, 1.165) is 4.88 Å². The standard InChI is InChI=1S/C28H22ClN5O4S/c1-15-9-18(19-10-16(11-30)7-8-22(19)37-2)20(12-31-15)26(35)33-28-32-21-13-34(14-24(21)39-28)27(36)17-5-4-6-23(38-3)25(17)29/h4-10,12H,13-14H2,1-3H3,(H,32,33,35). The first-order chi connectivity index (χ1) is 18.8. The first-order valence-corrected chi connectivity index (χ1v) is 13.0. The number of halogens is 1. The van der Waals surface area contributed by atoms with Gasteiger partial charge in [0, 0.05) is 23.0 Å². The number of nitriles is 1. The van der Waals surface area contributed by atoms with E-state index in [2.05, 4.69) is 21.4 Å². The normalized spacial score (nSPS) is 12.0. The van der Waals surface area contributed by atoms with E-state index >= 15 is 0 Å². The van der Waals surface area contributed by atoms with Crippen molar-refractivity contribution in [2.24, 2.45) is 0 Å². The lowest BCUT2D eigenvalue weighted by atomic mass is 9.97. The Hall–Kier alpha value is -4.46. The molecule has 196 valence electrons. The number of rotatable bonds is 6. The van der Waals surface area contributed by atoms with E-state index in [1.54, 1.807) is 47.4 Å². The molecule has 2 aromatic carbocycles. The number of aromatic nitrogens is 2. The fourth-order valence-electron chi connectivity index (χ4n) is 4.36. The monoisotopic (exact) mass is 559 g/mol. The van der Waals surface area contributed by atoms with E-state index in [1.807, 2.05) is 6.92 Å². The number of benzene rings is 2. The SMILES string of the molecule is COc1ccc(C#N)cc1-c1cc(C)ncc1C(=O)Nc1nc2c(s1)CN(C(=O)c1cccc(OC)c1Cl)C2. The van der Waals surface area contributed by atoms with Crippen molar-refractivity contribution in [3.05, 3.63) is 86.6 Å². The van der Waals surface area contributed by atoms with Crippen LogP contribution in [0.15, 0.2) is 48.7 Å². The van der Waals surface area contributed by atoms with Crippen molar-refractivity contribution in [2.75, 3.05) is 19.5 Å². The first kappa shape index (κ1) is 26.2. The number of nitrogens with zero attached hydrogens (tertiary/aromatic N) is 4. The van der Waals surface area contributed by atoms with Crippen molar-refractivity contribution in [1.29, 1.82) is 5.26 Å². The third-order valence-electron chi connectivity index (χ3n) is 6.28. The molecule has 0 radical (unpaired) electrons. The third kappa shape index (κ3) is 5.02. The van der Waals surface area contributed by atoms with Crippen LogP contribution in [0.4, 0.5) is 5.13 Å². The number of nitrogens with one attached hydrogen (secondary N) is 1. The summed E-state index contributed by atoms with van der Waals surface area (Å²) in [5.74, 6) is 0.341. The van der Waals surface area contributed by atoms with Gasteiger partial charge in [-0.25, -0.2) is 4.98 Å². The number of amides is 2. The number of carbonyl (C=O) groups excluding carboxylic acids is 2. The van der Waals surface area contributed by atoms with Gasteiger partial charge >= 0.3 is 0 Å². The number of pyridine rings is 1. The van der Waals surface area contributed by atoms with Crippen molar-refractivity contribution in [1.82, 2.24) is 14.9 Å². The van der Waals surface area contributed by atoms with E-state index in [0.29, 0.717) is 68.9 Å². The van der Waals surface area contributed by atoms with Gasteiger partial charge in [0.15, 0.2) is 5.13 Å². The summed E-state index contributed by atoms with van der Waals surface area (Å²) in [7, 11) is 3.03. The number of aryl methyl sites for hydroxylation is 1. The Morgan fingerprint density at radius 2 is 1.87 bits per heavy atom. The predicted molar refractivity (Wildman–Crippen MR) is 147 cm³/mol. The van der Waals surface area contributed by atoms with Crippen molar-refractivity contribution in [2.45, 2.75) is 20.0 Å². The highest BCUT2D eigenvalue weighted by atomic mass is 35.5. The van der Waals surface area contributed by atoms with Crippen molar-refractivity contribution >= 4 is 39.9 Å². The van der Waals surface area contributed by atoms with Crippen LogP contribution in [0.25, 0.3) is 11.1 Å². The molecule has 1 N–H and O–H groups in total. The molecule has 0 fully saturated rings. The van der Waals surface area contributed by atoms with Crippen molar-refractivity contribution < 1.29 is 19.1 Å². The topological polar surface area (TPSA) is 117 Å². The zero-order valence-corrected chi connectivity index (χ0v) is 22.8. The zero-order valence-electron chi connectivity index (χ0n) is 21.2. The Morgan fingerprint density at radius 1 is 1.08 bits per heavy atom. The van der Waals surface area contributed by atoms with E-state index in [4.69, 9.17) is 21.1 Å². The van der Waals surface area contributed by atoms with E-state index in [9.17, 15) is 14.9 Å². The van der Waals surface area contributed by atoms with Crippen LogP contribution in [0.1, 0.15) is 42.5 Å². The molecule has 0 spiro atoms. The van der Waals surface area contributed by atoms with Crippen LogP contribution in [0.5, 0.6) is 11.5 Å². The fraction of sp³-hybridized carbons (Fsp3) is 0.179. The van der Waals surface area contributed by atoms with Crippen LogP contribution in [-0.2, 0) is 13.1 Å². The quantitative estimate of drug-likeness (QED) is 0.333. The lowest BCUT2D eigenvalue weighted by Crippen LogP contribution is -2.26. The number of methoxy groups -OCH3 is 2. The Balaban J connectivity index is 1.37. The maximum Gasteiger partial charge on any atom is 0.259 e. The summed E-state index contributed by atoms with van der Waals surface area (Å²) >= 11 is 7.66. The highest BCUT2D eigenvalue weighted by Gasteiger charge is 2.30. The van der Waals surface area contributed by atoms with Gasteiger partial charge in [-0.2, -0.15) is 5.26 Å². The number of ether oxygens (including phenoxy) is 2. The number of fused-ring (bicyclic) bond motifs is 1. The molecule has 0 atom stereocenters. The van der Waals surface area contributed by atoms with Gasteiger partial charge in [0.2, 0.25) is 0 Å². The Morgan fingerprint density at radius 3 is 2.59 bits per heavy atom. The van der Waals surface area contributed by atoms with Gasteiger partial charge < -0.3 is 14.4 Å². The third-order valence-corrected chi connectivity index (χ3v) is 7.67. The maximum atomic E-state index is 13.4. The van der Waals surface area contributed by atoms with E-state index in [1.165, 1.54) is 31.8 Å². The Bertz CT molecular complexity index is 1640. The van der Waals surface area contributed by atoms with Crippen LogP contribution in [0.3, 0.4) is 0 Å². The lowest BCUT2D eigenvalue weighted by Gasteiger charge is -2.17. The molecular weight excluding hydrogens is 538 g/mol. The number of carbonyl (C=O) groups is 2. The largest absolute Gasteiger partial charge is 0.496 e. The van der Waals surface area contributed by atoms with Crippen LogP contribution in [-0.4, -0.2) is 40.9 Å². The van der Waals surface area contributed by atoms with Gasteiger partial charge in [-0.05, 0) is 43.3 Å². The summed E-state index contributed by atoms with van der Waals surface area (Å²) in [4.78, 5) is 37.9. The molecule has 9 nitrogen and oxygen atoms in total. The molecule has 0 bridgehead atoms. The minimum Gasteiger partial charge on any atom is -0.496 e. The summed E-state index contributed by atoms with van der Waals surface area (Å²) in [6, 6.07) is 14.0. The minimum absolute atomic E-state index is 0.224. The maximum absolute atomic E-state index is 13.4. The smallest absolute Gasteiger partial charge is 0.259 e. The van der Waals surface area contributed by atoms with E-state index in [-0.39, 0.29) is 10.9 Å². The summed E-state index contributed by atoms with van der Waals surface area (Å²) in [6.45, 7) is 2.47.